The number of hydrogen-bond donors (Lipinski definition) is 1. The zero-order valence-electron chi connectivity index (χ0n) is 11.8. The minimum atomic E-state index is -0.200. The molecule has 5 nitrogen and oxygen atoms in total. The molecule has 1 unspecified atom stereocenters. The van der Waals surface area contributed by atoms with Gasteiger partial charge in [-0.3, -0.25) is 9.69 Å². The van der Waals surface area contributed by atoms with Gasteiger partial charge in [-0.2, -0.15) is 0 Å². The van der Waals surface area contributed by atoms with Crippen molar-refractivity contribution in [3.05, 3.63) is 0 Å². The van der Waals surface area contributed by atoms with Crippen LogP contribution in [0.3, 0.4) is 0 Å². The molecule has 0 aromatic rings. The third kappa shape index (κ3) is 5.33. The molecular formula is C13H26N2O3. The van der Waals surface area contributed by atoms with E-state index in [9.17, 15) is 4.79 Å². The van der Waals surface area contributed by atoms with E-state index in [1.807, 2.05) is 6.92 Å². The quantitative estimate of drug-likeness (QED) is 0.583. The topological polar surface area (TPSA) is 50.8 Å². The Balaban J connectivity index is 2.31. The minimum Gasteiger partial charge on any atom is -0.465 e. The van der Waals surface area contributed by atoms with Crippen LogP contribution in [0.25, 0.3) is 0 Å². The zero-order valence-corrected chi connectivity index (χ0v) is 11.8. The minimum absolute atomic E-state index is 0.150. The number of carbonyl (C=O) groups is 1. The van der Waals surface area contributed by atoms with Gasteiger partial charge in [-0.15, -0.1) is 0 Å². The molecule has 0 saturated heterocycles. The summed E-state index contributed by atoms with van der Waals surface area (Å²) in [7, 11) is 3.53. The SMILES string of the molecule is CCOC(=O)C(CCN(CCOC)C1CC1)NC. The van der Waals surface area contributed by atoms with E-state index in [1.165, 1.54) is 12.8 Å². The van der Waals surface area contributed by atoms with Gasteiger partial charge in [0.05, 0.1) is 13.2 Å². The van der Waals surface area contributed by atoms with Gasteiger partial charge in [0.2, 0.25) is 0 Å². The number of nitrogens with zero attached hydrogens (tertiary/aromatic N) is 1. The maximum Gasteiger partial charge on any atom is 0.323 e. The van der Waals surface area contributed by atoms with Crippen LogP contribution < -0.4 is 5.32 Å². The Morgan fingerprint density at radius 2 is 2.17 bits per heavy atom. The van der Waals surface area contributed by atoms with Crippen LogP contribution in [0.15, 0.2) is 0 Å². The van der Waals surface area contributed by atoms with Crippen LogP contribution in [-0.2, 0) is 14.3 Å². The van der Waals surface area contributed by atoms with Crippen molar-refractivity contribution < 1.29 is 14.3 Å². The van der Waals surface area contributed by atoms with Crippen molar-refractivity contribution in [3.8, 4) is 0 Å². The van der Waals surface area contributed by atoms with E-state index >= 15 is 0 Å². The molecular weight excluding hydrogens is 232 g/mol. The third-order valence-electron chi connectivity index (χ3n) is 3.27. The summed E-state index contributed by atoms with van der Waals surface area (Å²) in [6.07, 6.45) is 3.33. The van der Waals surface area contributed by atoms with E-state index < -0.39 is 0 Å². The first-order valence-electron chi connectivity index (χ1n) is 6.79. The average Bonchev–Trinajstić information content (AvgIpc) is 3.18. The van der Waals surface area contributed by atoms with Crippen molar-refractivity contribution in [1.82, 2.24) is 10.2 Å². The molecule has 0 heterocycles. The van der Waals surface area contributed by atoms with Gasteiger partial charge >= 0.3 is 5.97 Å². The smallest absolute Gasteiger partial charge is 0.323 e. The maximum absolute atomic E-state index is 11.7. The highest BCUT2D eigenvalue weighted by atomic mass is 16.5. The van der Waals surface area contributed by atoms with E-state index in [1.54, 1.807) is 14.2 Å². The van der Waals surface area contributed by atoms with Gasteiger partial charge < -0.3 is 14.8 Å². The fourth-order valence-corrected chi connectivity index (χ4v) is 2.04. The number of ether oxygens (including phenoxy) is 2. The Bertz CT molecular complexity index is 244. The predicted octanol–water partition coefficient (Wildman–Crippen LogP) is 0.638. The lowest BCUT2D eigenvalue weighted by atomic mass is 10.2. The van der Waals surface area contributed by atoms with Crippen molar-refractivity contribution in [1.29, 1.82) is 0 Å². The van der Waals surface area contributed by atoms with Crippen molar-refractivity contribution in [2.24, 2.45) is 0 Å². The summed E-state index contributed by atoms with van der Waals surface area (Å²) < 4.78 is 10.2. The largest absolute Gasteiger partial charge is 0.465 e. The molecule has 106 valence electrons. The number of hydrogen-bond acceptors (Lipinski definition) is 5. The molecule has 1 aliphatic rings. The Hall–Kier alpha value is -0.650. The standard InChI is InChI=1S/C13H26N2O3/c1-4-18-13(16)12(14-2)7-8-15(9-10-17-3)11-5-6-11/h11-12,14H,4-10H2,1-3H3. The van der Waals surface area contributed by atoms with Gasteiger partial charge in [0.1, 0.15) is 6.04 Å². The van der Waals surface area contributed by atoms with E-state index in [-0.39, 0.29) is 12.0 Å². The molecule has 1 N–H and O–H groups in total. The first-order valence-corrected chi connectivity index (χ1v) is 6.79. The van der Waals surface area contributed by atoms with E-state index in [0.717, 1.165) is 26.1 Å². The van der Waals surface area contributed by atoms with Crippen molar-refractivity contribution in [3.63, 3.8) is 0 Å². The van der Waals surface area contributed by atoms with Crippen LogP contribution in [0.4, 0.5) is 0 Å². The van der Waals surface area contributed by atoms with Gasteiger partial charge in [0.15, 0.2) is 0 Å². The van der Waals surface area contributed by atoms with Crippen LogP contribution in [-0.4, -0.2) is 63.4 Å². The van der Waals surface area contributed by atoms with Crippen molar-refractivity contribution >= 4 is 5.97 Å². The molecule has 0 aromatic heterocycles. The van der Waals surface area contributed by atoms with E-state index in [4.69, 9.17) is 9.47 Å². The molecule has 0 radical (unpaired) electrons. The number of carbonyl (C=O) groups excluding carboxylic acids is 1. The molecule has 1 aliphatic carbocycles. The van der Waals surface area contributed by atoms with E-state index in [0.29, 0.717) is 12.6 Å². The van der Waals surface area contributed by atoms with Crippen LogP contribution in [0.1, 0.15) is 26.2 Å². The second kappa shape index (κ2) is 8.45. The summed E-state index contributed by atoms with van der Waals surface area (Å²) in [5, 5.41) is 3.02. The number of rotatable bonds is 10. The molecule has 1 saturated carbocycles. The normalized spacial score (nSPS) is 16.9. The third-order valence-corrected chi connectivity index (χ3v) is 3.27. The lowest BCUT2D eigenvalue weighted by Crippen LogP contribution is -2.40. The maximum atomic E-state index is 11.7. The summed E-state index contributed by atoms with van der Waals surface area (Å²) in [6.45, 7) is 4.88. The highest BCUT2D eigenvalue weighted by molar-refractivity contribution is 5.75. The van der Waals surface area contributed by atoms with Crippen LogP contribution in [0.5, 0.6) is 0 Å². The number of nitrogens with one attached hydrogen (secondary N) is 1. The van der Waals surface area contributed by atoms with Crippen LogP contribution >= 0.6 is 0 Å². The Labute approximate surface area is 110 Å². The summed E-state index contributed by atoms with van der Waals surface area (Å²) in [5.41, 5.74) is 0. The molecule has 0 aliphatic heterocycles. The van der Waals surface area contributed by atoms with Crippen LogP contribution in [0.2, 0.25) is 0 Å². The second-order valence-electron chi connectivity index (χ2n) is 4.64. The Morgan fingerprint density at radius 1 is 1.44 bits per heavy atom. The Kier molecular flexibility index (Phi) is 7.23. The predicted molar refractivity (Wildman–Crippen MR) is 70.6 cm³/mol. The zero-order chi connectivity index (χ0) is 13.4. The number of likely N-dealkylation sites (N-methyl/N-ethyl adjacent to an activating group) is 1. The lowest BCUT2D eigenvalue weighted by Gasteiger charge is -2.23. The summed E-state index contributed by atoms with van der Waals surface area (Å²) in [4.78, 5) is 14.1. The molecule has 5 heteroatoms. The lowest BCUT2D eigenvalue weighted by molar-refractivity contribution is -0.145. The van der Waals surface area contributed by atoms with Gasteiger partial charge in [-0.05, 0) is 33.2 Å². The molecule has 0 aromatic carbocycles. The average molecular weight is 258 g/mol. The van der Waals surface area contributed by atoms with Crippen molar-refractivity contribution in [2.75, 3.05) is 40.5 Å². The van der Waals surface area contributed by atoms with Gasteiger partial charge in [0, 0.05) is 26.2 Å². The van der Waals surface area contributed by atoms with E-state index in [2.05, 4.69) is 10.2 Å². The highest BCUT2D eigenvalue weighted by Gasteiger charge is 2.29. The molecule has 0 amide bonds. The first kappa shape index (κ1) is 15.4. The number of methoxy groups -OCH3 is 1. The summed E-state index contributed by atoms with van der Waals surface area (Å²) >= 11 is 0. The molecule has 1 fully saturated rings. The highest BCUT2D eigenvalue weighted by Crippen LogP contribution is 2.26. The van der Waals surface area contributed by atoms with Crippen LogP contribution in [0, 0.1) is 0 Å². The number of esters is 1. The fraction of sp³-hybridized carbons (Fsp3) is 0.923. The molecule has 1 rings (SSSR count). The molecule has 1 atom stereocenters. The Morgan fingerprint density at radius 3 is 2.67 bits per heavy atom. The first-order chi connectivity index (χ1) is 8.72. The molecule has 0 bridgehead atoms. The summed E-state index contributed by atoms with van der Waals surface area (Å²) in [6, 6.07) is 0.494. The van der Waals surface area contributed by atoms with Gasteiger partial charge in [-0.25, -0.2) is 0 Å². The van der Waals surface area contributed by atoms with Crippen molar-refractivity contribution in [2.45, 2.75) is 38.3 Å². The molecule has 0 spiro atoms. The van der Waals surface area contributed by atoms with Gasteiger partial charge in [-0.1, -0.05) is 0 Å². The second-order valence-corrected chi connectivity index (χ2v) is 4.64. The fourth-order valence-electron chi connectivity index (χ4n) is 2.04. The van der Waals surface area contributed by atoms with Gasteiger partial charge in [0.25, 0.3) is 0 Å². The monoisotopic (exact) mass is 258 g/mol. The molecule has 18 heavy (non-hydrogen) atoms. The summed E-state index contributed by atoms with van der Waals surface area (Å²) in [5.74, 6) is -0.150.